The number of rotatable bonds is 5. The van der Waals surface area contributed by atoms with E-state index in [9.17, 15) is 22.4 Å². The molecule has 0 aromatic heterocycles. The zero-order chi connectivity index (χ0) is 23.8. The molecule has 0 spiro atoms. The molecule has 0 bridgehead atoms. The number of benzene rings is 2. The van der Waals surface area contributed by atoms with Crippen molar-refractivity contribution in [3.63, 3.8) is 0 Å². The van der Waals surface area contributed by atoms with Crippen molar-refractivity contribution in [1.82, 2.24) is 5.32 Å². The number of sulfone groups is 1. The fraction of sp³-hybridized carbons (Fsp3) is 0.364. The minimum Gasteiger partial charge on any atom is -0.442 e. The molecule has 2 heterocycles. The number of nitrogens with zero attached hydrogens (tertiary/aromatic N) is 1. The average molecular weight is 515 g/mol. The van der Waals surface area contributed by atoms with Crippen LogP contribution in [0.3, 0.4) is 0 Å². The molecular weight excluding hydrogens is 494 g/mol. The molecule has 2 aliphatic heterocycles. The van der Waals surface area contributed by atoms with E-state index in [2.05, 4.69) is 5.32 Å². The Morgan fingerprint density at radius 1 is 1.15 bits per heavy atom. The van der Waals surface area contributed by atoms with Crippen LogP contribution in [0.4, 0.5) is 14.9 Å². The predicted octanol–water partition coefficient (Wildman–Crippen LogP) is 4.18. The van der Waals surface area contributed by atoms with Gasteiger partial charge in [-0.25, -0.2) is 17.6 Å². The lowest BCUT2D eigenvalue weighted by Crippen LogP contribution is -2.34. The summed E-state index contributed by atoms with van der Waals surface area (Å²) in [5.41, 5.74) is 0.985. The van der Waals surface area contributed by atoms with Crippen LogP contribution in [0.15, 0.2) is 36.4 Å². The monoisotopic (exact) mass is 514 g/mol. The van der Waals surface area contributed by atoms with Crippen LogP contribution < -0.4 is 10.2 Å². The van der Waals surface area contributed by atoms with Crippen molar-refractivity contribution < 1.29 is 27.1 Å². The molecule has 33 heavy (non-hydrogen) atoms. The third kappa shape index (κ3) is 5.42. The number of carbonyl (C=O) groups excluding carboxylic acids is 2. The summed E-state index contributed by atoms with van der Waals surface area (Å²) >= 11 is 11.9. The number of hydrogen-bond donors (Lipinski definition) is 1. The molecule has 176 valence electrons. The van der Waals surface area contributed by atoms with Gasteiger partial charge in [0.1, 0.15) is 21.8 Å². The van der Waals surface area contributed by atoms with Crippen molar-refractivity contribution in [3.8, 4) is 0 Å². The Hall–Kier alpha value is -2.36. The standard InChI is InChI=1S/C22H21Cl2FN2O5S/c23-14-1-4-19(24)18(9-14)21(28)26-11-16-12-27(22(29)32-16)15-2-3-17(20(25)10-15)13-5-7-33(30,31)8-6-13/h1-4,9-10,13,16H,5-8,11-12H2,(H,26,28)/t16-/m0/s1. The molecular formula is C22H21Cl2FN2O5S. The highest BCUT2D eigenvalue weighted by molar-refractivity contribution is 7.91. The largest absolute Gasteiger partial charge is 0.442 e. The number of anilines is 1. The summed E-state index contributed by atoms with van der Waals surface area (Å²) in [5, 5.41) is 3.27. The molecule has 4 rings (SSSR count). The molecule has 11 heteroatoms. The van der Waals surface area contributed by atoms with Gasteiger partial charge in [0, 0.05) is 5.02 Å². The van der Waals surface area contributed by atoms with Crippen molar-refractivity contribution in [1.29, 1.82) is 0 Å². The maximum absolute atomic E-state index is 14.8. The lowest BCUT2D eigenvalue weighted by Gasteiger charge is -2.23. The number of amides is 2. The second-order valence-corrected chi connectivity index (χ2v) is 11.2. The molecule has 0 aliphatic carbocycles. The Labute approximate surface area is 200 Å². The zero-order valence-corrected chi connectivity index (χ0v) is 19.7. The predicted molar refractivity (Wildman–Crippen MR) is 123 cm³/mol. The molecule has 1 N–H and O–H groups in total. The van der Waals surface area contributed by atoms with E-state index in [-0.39, 0.29) is 41.1 Å². The lowest BCUT2D eigenvalue weighted by molar-refractivity contribution is 0.0916. The molecule has 7 nitrogen and oxygen atoms in total. The van der Waals surface area contributed by atoms with E-state index < -0.39 is 33.8 Å². The van der Waals surface area contributed by atoms with Gasteiger partial charge in [0.05, 0.1) is 40.9 Å². The fourth-order valence-electron chi connectivity index (χ4n) is 4.03. The normalized spacial score (nSPS) is 20.5. The number of hydrogen-bond acceptors (Lipinski definition) is 5. The molecule has 2 amide bonds. The average Bonchev–Trinajstić information content (AvgIpc) is 3.14. The maximum Gasteiger partial charge on any atom is 0.414 e. The van der Waals surface area contributed by atoms with Crippen LogP contribution in [0, 0.1) is 5.82 Å². The third-order valence-corrected chi connectivity index (χ3v) is 8.11. The molecule has 0 unspecified atom stereocenters. The molecule has 2 aliphatic rings. The first-order valence-electron chi connectivity index (χ1n) is 10.3. The van der Waals surface area contributed by atoms with Gasteiger partial charge in [-0.3, -0.25) is 9.69 Å². The highest BCUT2D eigenvalue weighted by Gasteiger charge is 2.34. The van der Waals surface area contributed by atoms with Crippen LogP contribution in [-0.4, -0.2) is 51.1 Å². The maximum atomic E-state index is 14.8. The fourth-order valence-corrected chi connectivity index (χ4v) is 5.89. The Bertz CT molecular complexity index is 1190. The molecule has 1 atom stereocenters. The van der Waals surface area contributed by atoms with E-state index in [1.165, 1.54) is 23.1 Å². The van der Waals surface area contributed by atoms with Gasteiger partial charge in [-0.1, -0.05) is 29.3 Å². The van der Waals surface area contributed by atoms with Crippen LogP contribution in [0.1, 0.15) is 34.7 Å². The molecule has 2 aromatic rings. The summed E-state index contributed by atoms with van der Waals surface area (Å²) < 4.78 is 43.4. The van der Waals surface area contributed by atoms with Gasteiger partial charge in [0.15, 0.2) is 0 Å². The summed E-state index contributed by atoms with van der Waals surface area (Å²) in [6.07, 6.45) is -0.525. The minimum absolute atomic E-state index is 0.0427. The van der Waals surface area contributed by atoms with E-state index >= 15 is 0 Å². The van der Waals surface area contributed by atoms with Crippen molar-refractivity contribution >= 4 is 50.7 Å². The van der Waals surface area contributed by atoms with Crippen LogP contribution in [0.2, 0.25) is 10.0 Å². The van der Waals surface area contributed by atoms with Crippen molar-refractivity contribution in [2.45, 2.75) is 24.9 Å². The molecule has 0 radical (unpaired) electrons. The first kappa shape index (κ1) is 23.8. The van der Waals surface area contributed by atoms with E-state index in [0.717, 1.165) is 0 Å². The van der Waals surface area contributed by atoms with Crippen molar-refractivity contribution in [3.05, 3.63) is 63.4 Å². The quantitative estimate of drug-likeness (QED) is 0.645. The van der Waals surface area contributed by atoms with Crippen LogP contribution in [-0.2, 0) is 14.6 Å². The van der Waals surface area contributed by atoms with E-state index in [1.54, 1.807) is 18.2 Å². The smallest absolute Gasteiger partial charge is 0.414 e. The molecule has 2 aromatic carbocycles. The molecule has 0 saturated carbocycles. The van der Waals surface area contributed by atoms with Crippen molar-refractivity contribution in [2.75, 3.05) is 29.5 Å². The van der Waals surface area contributed by atoms with E-state index in [1.807, 2.05) is 0 Å². The molecule has 2 fully saturated rings. The van der Waals surface area contributed by atoms with Crippen LogP contribution in [0.5, 0.6) is 0 Å². The number of halogens is 3. The second-order valence-electron chi connectivity index (χ2n) is 8.08. The van der Waals surface area contributed by atoms with Crippen molar-refractivity contribution in [2.24, 2.45) is 0 Å². The topological polar surface area (TPSA) is 92.8 Å². The van der Waals surface area contributed by atoms with Gasteiger partial charge in [0.2, 0.25) is 0 Å². The van der Waals surface area contributed by atoms with Gasteiger partial charge < -0.3 is 10.1 Å². The summed E-state index contributed by atoms with van der Waals surface area (Å²) in [7, 11) is -3.04. The van der Waals surface area contributed by atoms with Gasteiger partial charge in [-0.05, 0) is 54.7 Å². The van der Waals surface area contributed by atoms with Crippen LogP contribution in [0.25, 0.3) is 0 Å². The number of nitrogens with one attached hydrogen (secondary N) is 1. The first-order chi connectivity index (χ1) is 15.6. The Morgan fingerprint density at radius 2 is 1.88 bits per heavy atom. The third-order valence-electron chi connectivity index (χ3n) is 5.83. The number of cyclic esters (lactones) is 1. The summed E-state index contributed by atoms with van der Waals surface area (Å²) in [6.45, 7) is 0.171. The number of carbonyl (C=O) groups is 2. The van der Waals surface area contributed by atoms with Gasteiger partial charge in [-0.15, -0.1) is 0 Å². The van der Waals surface area contributed by atoms with E-state index in [4.69, 9.17) is 27.9 Å². The Kier molecular flexibility index (Phi) is 6.83. The first-order valence-corrected chi connectivity index (χ1v) is 12.9. The summed E-state index contributed by atoms with van der Waals surface area (Å²) in [4.78, 5) is 26.0. The Morgan fingerprint density at radius 3 is 2.58 bits per heavy atom. The number of ether oxygens (including phenoxy) is 1. The van der Waals surface area contributed by atoms with Gasteiger partial charge >= 0.3 is 6.09 Å². The summed E-state index contributed by atoms with van der Waals surface area (Å²) in [5.74, 6) is -1.02. The SMILES string of the molecule is O=C(NC[C@H]1CN(c2ccc(C3CCS(=O)(=O)CC3)c(F)c2)C(=O)O1)c1cc(Cl)ccc1Cl. The second kappa shape index (κ2) is 9.48. The minimum atomic E-state index is -3.04. The van der Waals surface area contributed by atoms with Crippen LogP contribution >= 0.6 is 23.2 Å². The van der Waals surface area contributed by atoms with Gasteiger partial charge in [-0.2, -0.15) is 0 Å². The Balaban J connectivity index is 1.38. The lowest BCUT2D eigenvalue weighted by atomic mass is 9.93. The van der Waals surface area contributed by atoms with E-state index in [0.29, 0.717) is 29.1 Å². The molecule has 2 saturated heterocycles. The zero-order valence-electron chi connectivity index (χ0n) is 17.4. The summed E-state index contributed by atoms with van der Waals surface area (Å²) in [6, 6.07) is 9.00. The van der Waals surface area contributed by atoms with Gasteiger partial charge in [0.25, 0.3) is 5.91 Å². The highest BCUT2D eigenvalue weighted by Crippen LogP contribution is 2.33. The highest BCUT2D eigenvalue weighted by atomic mass is 35.5.